The molecule has 4 aromatic rings. The Morgan fingerprint density at radius 3 is 2.45 bits per heavy atom. The van der Waals surface area contributed by atoms with Crippen LogP contribution in [0.1, 0.15) is 40.2 Å². The van der Waals surface area contributed by atoms with E-state index in [9.17, 15) is 9.90 Å². The minimum Gasteiger partial charge on any atom is -0.508 e. The van der Waals surface area contributed by atoms with E-state index in [0.29, 0.717) is 17.3 Å². The lowest BCUT2D eigenvalue weighted by Gasteiger charge is -2.21. The highest BCUT2D eigenvalue weighted by Gasteiger charge is 2.16. The Kier molecular flexibility index (Phi) is 10.4. The first-order valence-electron chi connectivity index (χ1n) is 13.5. The first-order valence-corrected chi connectivity index (χ1v) is 15.5. The summed E-state index contributed by atoms with van der Waals surface area (Å²) >= 11 is 8.48. The molecule has 0 saturated carbocycles. The van der Waals surface area contributed by atoms with Crippen molar-refractivity contribution in [1.82, 2.24) is 20.3 Å². The Balaban J connectivity index is 1.49. The van der Waals surface area contributed by atoms with E-state index in [2.05, 4.69) is 46.8 Å². The topological polar surface area (TPSA) is 110 Å². The molecule has 42 heavy (non-hydrogen) atoms. The summed E-state index contributed by atoms with van der Waals surface area (Å²) in [4.78, 5) is 19.3. The highest BCUT2D eigenvalue weighted by molar-refractivity contribution is 7.97. The molecule has 0 aliphatic rings. The van der Waals surface area contributed by atoms with E-state index in [1.54, 1.807) is 29.5 Å². The second kappa shape index (κ2) is 14.0. The van der Waals surface area contributed by atoms with Gasteiger partial charge in [0.25, 0.3) is 0 Å². The van der Waals surface area contributed by atoms with E-state index in [1.807, 2.05) is 68.6 Å². The van der Waals surface area contributed by atoms with Gasteiger partial charge in [-0.25, -0.2) is 9.78 Å². The molecule has 1 aromatic heterocycles. The number of hydrogen-bond acceptors (Lipinski definition) is 7. The van der Waals surface area contributed by atoms with Gasteiger partial charge in [-0.3, -0.25) is 4.72 Å². The van der Waals surface area contributed by atoms with Gasteiger partial charge < -0.3 is 26.4 Å². The number of nitrogens with zero attached hydrogens (tertiary/aromatic N) is 1. The monoisotopic (exact) mass is 620 g/mol. The molecule has 0 unspecified atom stereocenters. The molecule has 11 heteroatoms. The molecule has 0 radical (unpaired) electrons. The van der Waals surface area contributed by atoms with Crippen molar-refractivity contribution in [2.24, 2.45) is 0 Å². The summed E-state index contributed by atoms with van der Waals surface area (Å²) in [6, 6.07) is 20.6. The van der Waals surface area contributed by atoms with Crippen LogP contribution in [0.4, 0.5) is 16.2 Å². The molecular formula is C31H36N6O2S3. The molecule has 0 atom stereocenters. The van der Waals surface area contributed by atoms with Crippen molar-refractivity contribution < 1.29 is 9.90 Å². The van der Waals surface area contributed by atoms with Crippen LogP contribution < -0.4 is 26.0 Å². The summed E-state index contributed by atoms with van der Waals surface area (Å²) in [6.45, 7) is 10.7. The van der Waals surface area contributed by atoms with Crippen LogP contribution in [0.5, 0.6) is 5.75 Å². The average molecular weight is 621 g/mol. The van der Waals surface area contributed by atoms with Crippen LogP contribution in [0, 0.1) is 0 Å². The second-order valence-corrected chi connectivity index (χ2v) is 13.3. The Hall–Kier alpha value is -3.64. The van der Waals surface area contributed by atoms with E-state index in [-0.39, 0.29) is 23.4 Å². The number of benzene rings is 3. The number of rotatable bonds is 9. The second-order valence-electron chi connectivity index (χ2n) is 11.0. The highest BCUT2D eigenvalue weighted by Crippen LogP contribution is 2.38. The van der Waals surface area contributed by atoms with Crippen molar-refractivity contribution in [3.8, 4) is 26.8 Å². The van der Waals surface area contributed by atoms with Gasteiger partial charge in [-0.1, -0.05) is 18.2 Å². The Labute approximate surface area is 260 Å². The zero-order valence-corrected chi connectivity index (χ0v) is 26.7. The molecule has 0 fully saturated rings. The molecule has 0 saturated heterocycles. The van der Waals surface area contributed by atoms with Crippen molar-refractivity contribution in [2.75, 3.05) is 10.6 Å². The summed E-state index contributed by atoms with van der Waals surface area (Å²) in [5.74, 6) is 0.165. The van der Waals surface area contributed by atoms with E-state index in [4.69, 9.17) is 17.2 Å². The first-order chi connectivity index (χ1) is 19.9. The van der Waals surface area contributed by atoms with Crippen LogP contribution in [0.15, 0.2) is 77.8 Å². The van der Waals surface area contributed by atoms with Crippen molar-refractivity contribution in [3.05, 3.63) is 78.5 Å². The molecule has 0 aliphatic heterocycles. The predicted molar refractivity (Wildman–Crippen MR) is 180 cm³/mol. The average Bonchev–Trinajstić information content (AvgIpc) is 3.40. The van der Waals surface area contributed by atoms with Crippen LogP contribution in [-0.4, -0.2) is 32.8 Å². The third-order valence-electron chi connectivity index (χ3n) is 5.65. The minimum absolute atomic E-state index is 0.119. The SMILES string of the molecule is CC(C)NC(=S)Nc1ccc(-c2ncc(-c3ccc(NC(=O)NCc4cccc(O)c4)cc3SNC(C)(C)C)s2)cc1. The molecular weight excluding hydrogens is 585 g/mol. The zero-order valence-electron chi connectivity index (χ0n) is 24.2. The fraction of sp³-hybridized carbons (Fsp3) is 0.258. The summed E-state index contributed by atoms with van der Waals surface area (Å²) < 4.78 is 3.48. The van der Waals surface area contributed by atoms with E-state index >= 15 is 0 Å². The number of anilines is 2. The standard InChI is InChI=1S/C31H36N6O2S3/c1-19(2)34-30(40)36-22-11-9-21(10-12-22)28-32-18-27(41-28)25-14-13-23(16-26(25)42-37-31(3,4)5)35-29(39)33-17-20-7-6-8-24(38)15-20/h6-16,18-19,37-38H,17H2,1-5H3,(H2,33,35,39)(H2,34,36,40). The number of urea groups is 1. The third-order valence-corrected chi connectivity index (χ3v) is 8.22. The third kappa shape index (κ3) is 9.45. The molecule has 1 heterocycles. The highest BCUT2D eigenvalue weighted by atomic mass is 32.2. The van der Waals surface area contributed by atoms with Crippen LogP contribution in [0.2, 0.25) is 0 Å². The normalized spacial score (nSPS) is 11.3. The molecule has 220 valence electrons. The van der Waals surface area contributed by atoms with Crippen molar-refractivity contribution in [1.29, 1.82) is 0 Å². The molecule has 3 aromatic carbocycles. The summed E-state index contributed by atoms with van der Waals surface area (Å²) in [5.41, 5.74) is 4.31. The van der Waals surface area contributed by atoms with Crippen LogP contribution in [-0.2, 0) is 6.54 Å². The smallest absolute Gasteiger partial charge is 0.319 e. The van der Waals surface area contributed by atoms with Crippen molar-refractivity contribution >= 4 is 58.0 Å². The molecule has 8 nitrogen and oxygen atoms in total. The van der Waals surface area contributed by atoms with Gasteiger partial charge in [-0.2, -0.15) is 0 Å². The fourth-order valence-electron chi connectivity index (χ4n) is 3.78. The fourth-order valence-corrected chi connectivity index (χ4v) is 6.05. The van der Waals surface area contributed by atoms with E-state index in [0.717, 1.165) is 37.2 Å². The lowest BCUT2D eigenvalue weighted by Crippen LogP contribution is -2.33. The number of aromatic hydroxyl groups is 1. The van der Waals surface area contributed by atoms with Crippen LogP contribution in [0.3, 0.4) is 0 Å². The molecule has 0 spiro atoms. The maximum atomic E-state index is 12.6. The molecule has 4 rings (SSSR count). The largest absolute Gasteiger partial charge is 0.508 e. The molecule has 6 N–H and O–H groups in total. The Bertz CT molecular complexity index is 1530. The van der Waals surface area contributed by atoms with Gasteiger partial charge in [0.2, 0.25) is 0 Å². The number of carbonyl (C=O) groups excluding carboxylic acids is 1. The number of aromatic nitrogens is 1. The number of carbonyl (C=O) groups is 1. The van der Waals surface area contributed by atoms with E-state index < -0.39 is 0 Å². The van der Waals surface area contributed by atoms with Crippen molar-refractivity contribution in [3.63, 3.8) is 0 Å². The van der Waals surface area contributed by atoms with Gasteiger partial charge in [0, 0.05) is 51.7 Å². The molecule has 0 aliphatic carbocycles. The van der Waals surface area contributed by atoms with E-state index in [1.165, 1.54) is 11.9 Å². The number of phenolic OH excluding ortho intramolecular Hbond substituents is 1. The maximum absolute atomic E-state index is 12.6. The predicted octanol–water partition coefficient (Wildman–Crippen LogP) is 7.59. The number of thiocarbonyl (C=S) groups is 1. The Morgan fingerprint density at radius 1 is 1.02 bits per heavy atom. The Morgan fingerprint density at radius 2 is 1.76 bits per heavy atom. The lowest BCUT2D eigenvalue weighted by molar-refractivity contribution is 0.251. The van der Waals surface area contributed by atoms with Gasteiger partial charge in [0.1, 0.15) is 10.8 Å². The molecule has 0 bridgehead atoms. The van der Waals surface area contributed by atoms with Gasteiger partial charge in [-0.15, -0.1) is 11.3 Å². The minimum atomic E-state index is -0.329. The summed E-state index contributed by atoms with van der Waals surface area (Å²) in [6.07, 6.45) is 1.89. The number of amides is 2. The number of hydrogen-bond donors (Lipinski definition) is 6. The maximum Gasteiger partial charge on any atom is 0.319 e. The van der Waals surface area contributed by atoms with Gasteiger partial charge in [-0.05, 0) is 113 Å². The summed E-state index contributed by atoms with van der Waals surface area (Å²) in [5, 5.41) is 23.3. The first kappa shape index (κ1) is 31.3. The van der Waals surface area contributed by atoms with Gasteiger partial charge >= 0.3 is 6.03 Å². The zero-order chi connectivity index (χ0) is 30.3. The van der Waals surface area contributed by atoms with Crippen LogP contribution in [0.25, 0.3) is 21.0 Å². The number of nitrogens with one attached hydrogen (secondary N) is 5. The number of thiazole rings is 1. The summed E-state index contributed by atoms with van der Waals surface area (Å²) in [7, 11) is 0. The number of phenols is 1. The van der Waals surface area contributed by atoms with Gasteiger partial charge in [0.05, 0.1) is 4.88 Å². The van der Waals surface area contributed by atoms with Gasteiger partial charge in [0.15, 0.2) is 5.11 Å². The van der Waals surface area contributed by atoms with Crippen molar-refractivity contribution in [2.45, 2.75) is 57.6 Å². The lowest BCUT2D eigenvalue weighted by atomic mass is 10.1. The quantitative estimate of drug-likeness (QED) is 0.0839. The van der Waals surface area contributed by atoms with Crippen LogP contribution >= 0.6 is 35.5 Å². The molecule has 2 amide bonds.